The van der Waals surface area contributed by atoms with Crippen molar-refractivity contribution < 1.29 is 9.53 Å². The Kier molecular flexibility index (Phi) is 6.34. The van der Waals surface area contributed by atoms with Gasteiger partial charge in [-0.05, 0) is 43.5 Å². The number of carbonyl (C=O) groups is 1. The number of rotatable bonds is 7. The zero-order valence-electron chi connectivity index (χ0n) is 19.2. The number of carbonyl (C=O) groups excluding carboxylic acids is 1. The molecule has 168 valence electrons. The lowest BCUT2D eigenvalue weighted by Crippen LogP contribution is -2.40. The molecule has 1 fully saturated rings. The van der Waals surface area contributed by atoms with Gasteiger partial charge in [0.1, 0.15) is 0 Å². The number of hydrogen-bond acceptors (Lipinski definition) is 5. The molecule has 0 saturated carbocycles. The van der Waals surface area contributed by atoms with Crippen LogP contribution in [0.1, 0.15) is 60.4 Å². The molecule has 4 rings (SSSR count). The number of H-pyrrole nitrogens is 1. The van der Waals surface area contributed by atoms with Crippen molar-refractivity contribution >= 4 is 11.6 Å². The Labute approximate surface area is 185 Å². The van der Waals surface area contributed by atoms with Crippen LogP contribution in [0.4, 0.5) is 5.69 Å². The molecule has 7 heteroatoms. The number of aromatic nitrogens is 2. The Hall–Kier alpha value is -2.38. The molecule has 2 aromatic rings. The number of aromatic amines is 1. The molecule has 1 aromatic carbocycles. The fourth-order valence-corrected chi connectivity index (χ4v) is 4.87. The summed E-state index contributed by atoms with van der Waals surface area (Å²) in [6.45, 7) is 8.14. The van der Waals surface area contributed by atoms with Gasteiger partial charge in [0.05, 0.1) is 18.9 Å². The lowest BCUT2D eigenvalue weighted by atomic mass is 9.80. The van der Waals surface area contributed by atoms with Gasteiger partial charge in [0, 0.05) is 49.9 Å². The second kappa shape index (κ2) is 9.01. The molecule has 0 radical (unpaired) electrons. The standard InChI is InChI=1S/C24H35N5O2/c1-5-18(6-2)25-23(30)21-20-14-31-16-24(22(20)27-26-21)11-12-29(15-24)13-17-7-9-19(10-8-17)28(3)4/h7-10,18H,5-6,11-16H2,1-4H3,(H,25,30)(H,26,27)/t24-/m0/s1. The minimum atomic E-state index is -0.113. The summed E-state index contributed by atoms with van der Waals surface area (Å²) in [6.07, 6.45) is 2.84. The molecular weight excluding hydrogens is 390 g/mol. The Morgan fingerprint density at radius 2 is 2.03 bits per heavy atom. The molecule has 2 N–H and O–H groups in total. The first-order valence-corrected chi connectivity index (χ1v) is 11.4. The molecule has 1 saturated heterocycles. The van der Waals surface area contributed by atoms with E-state index in [9.17, 15) is 4.79 Å². The predicted octanol–water partition coefficient (Wildman–Crippen LogP) is 3.07. The third-order valence-corrected chi connectivity index (χ3v) is 6.85. The Morgan fingerprint density at radius 3 is 2.71 bits per heavy atom. The van der Waals surface area contributed by atoms with E-state index in [2.05, 4.69) is 77.5 Å². The molecule has 0 aliphatic carbocycles. The third kappa shape index (κ3) is 4.34. The van der Waals surface area contributed by atoms with Crippen molar-refractivity contribution in [2.45, 2.75) is 57.7 Å². The van der Waals surface area contributed by atoms with Crippen molar-refractivity contribution in [3.8, 4) is 0 Å². The van der Waals surface area contributed by atoms with Crippen LogP contribution in [0.5, 0.6) is 0 Å². The maximum absolute atomic E-state index is 12.8. The number of hydrogen-bond donors (Lipinski definition) is 2. The van der Waals surface area contributed by atoms with Crippen molar-refractivity contribution in [3.05, 3.63) is 46.8 Å². The van der Waals surface area contributed by atoms with E-state index in [1.807, 2.05) is 0 Å². The van der Waals surface area contributed by atoms with Gasteiger partial charge in [-0.2, -0.15) is 5.10 Å². The average Bonchev–Trinajstić information content (AvgIpc) is 3.38. The van der Waals surface area contributed by atoms with Crippen molar-refractivity contribution in [2.24, 2.45) is 0 Å². The molecule has 2 aliphatic rings. The lowest BCUT2D eigenvalue weighted by molar-refractivity contribution is 0.0509. The minimum absolute atomic E-state index is 0.0947. The number of amides is 1. The average molecular weight is 426 g/mol. The fraction of sp³-hybridized carbons (Fsp3) is 0.583. The zero-order chi connectivity index (χ0) is 22.0. The maximum Gasteiger partial charge on any atom is 0.272 e. The lowest BCUT2D eigenvalue weighted by Gasteiger charge is -2.33. The Balaban J connectivity index is 1.48. The van der Waals surface area contributed by atoms with Gasteiger partial charge in [-0.15, -0.1) is 0 Å². The summed E-state index contributed by atoms with van der Waals surface area (Å²) in [6, 6.07) is 8.93. The van der Waals surface area contributed by atoms with Crippen LogP contribution in [-0.2, 0) is 23.3 Å². The van der Waals surface area contributed by atoms with Crippen LogP contribution >= 0.6 is 0 Å². The van der Waals surface area contributed by atoms with Crippen molar-refractivity contribution in [2.75, 3.05) is 38.7 Å². The number of anilines is 1. The van der Waals surface area contributed by atoms with Crippen molar-refractivity contribution in [1.29, 1.82) is 0 Å². The highest BCUT2D eigenvalue weighted by Gasteiger charge is 2.46. The number of benzene rings is 1. The summed E-state index contributed by atoms with van der Waals surface area (Å²) in [5, 5.41) is 10.8. The number of nitrogens with zero attached hydrogens (tertiary/aromatic N) is 3. The highest BCUT2D eigenvalue weighted by molar-refractivity contribution is 5.94. The quantitative estimate of drug-likeness (QED) is 0.713. The Bertz CT molecular complexity index is 903. The molecule has 2 aliphatic heterocycles. The van der Waals surface area contributed by atoms with E-state index in [-0.39, 0.29) is 17.4 Å². The summed E-state index contributed by atoms with van der Waals surface area (Å²) < 4.78 is 6.01. The monoisotopic (exact) mass is 425 g/mol. The van der Waals surface area contributed by atoms with Crippen molar-refractivity contribution in [3.63, 3.8) is 0 Å². The SMILES string of the molecule is CCC(CC)NC(=O)c1n[nH]c2c1COC[C@@]21CCN(Cc2ccc(N(C)C)cc2)C1. The van der Waals surface area contributed by atoms with Gasteiger partial charge < -0.3 is 15.0 Å². The van der Waals surface area contributed by atoms with Crippen LogP contribution in [-0.4, -0.2) is 60.8 Å². The van der Waals surface area contributed by atoms with E-state index < -0.39 is 0 Å². The second-order valence-corrected chi connectivity index (χ2v) is 9.21. The predicted molar refractivity (Wildman–Crippen MR) is 122 cm³/mol. The molecule has 7 nitrogen and oxygen atoms in total. The highest BCUT2D eigenvalue weighted by Crippen LogP contribution is 2.40. The minimum Gasteiger partial charge on any atom is -0.378 e. The highest BCUT2D eigenvalue weighted by atomic mass is 16.5. The van der Waals surface area contributed by atoms with Gasteiger partial charge in [0.25, 0.3) is 5.91 Å². The van der Waals surface area contributed by atoms with Gasteiger partial charge in [0.2, 0.25) is 0 Å². The molecule has 1 atom stereocenters. The molecule has 3 heterocycles. The maximum atomic E-state index is 12.8. The second-order valence-electron chi connectivity index (χ2n) is 9.21. The largest absolute Gasteiger partial charge is 0.378 e. The van der Waals surface area contributed by atoms with E-state index in [0.29, 0.717) is 18.9 Å². The summed E-state index contributed by atoms with van der Waals surface area (Å²) in [4.78, 5) is 17.4. The van der Waals surface area contributed by atoms with Crippen LogP contribution in [0.25, 0.3) is 0 Å². The van der Waals surface area contributed by atoms with E-state index in [0.717, 1.165) is 50.2 Å². The fourth-order valence-electron chi connectivity index (χ4n) is 4.87. The van der Waals surface area contributed by atoms with Crippen LogP contribution in [0.2, 0.25) is 0 Å². The molecule has 1 amide bonds. The number of likely N-dealkylation sites (tertiary alicyclic amines) is 1. The number of ether oxygens (including phenoxy) is 1. The Morgan fingerprint density at radius 1 is 1.29 bits per heavy atom. The van der Waals surface area contributed by atoms with E-state index >= 15 is 0 Å². The molecule has 1 aromatic heterocycles. The van der Waals surface area contributed by atoms with Crippen LogP contribution in [0, 0.1) is 0 Å². The van der Waals surface area contributed by atoms with Crippen molar-refractivity contribution in [1.82, 2.24) is 20.4 Å². The molecule has 1 spiro atoms. The first kappa shape index (κ1) is 21.8. The van der Waals surface area contributed by atoms with Gasteiger partial charge in [-0.3, -0.25) is 14.8 Å². The topological polar surface area (TPSA) is 73.5 Å². The summed E-state index contributed by atoms with van der Waals surface area (Å²) in [5.74, 6) is -0.0947. The van der Waals surface area contributed by atoms with Crippen LogP contribution in [0.3, 0.4) is 0 Å². The molecular formula is C24H35N5O2. The number of nitrogens with one attached hydrogen (secondary N) is 2. The van der Waals surface area contributed by atoms with E-state index in [4.69, 9.17) is 4.74 Å². The van der Waals surface area contributed by atoms with Gasteiger partial charge >= 0.3 is 0 Å². The third-order valence-electron chi connectivity index (χ3n) is 6.85. The first-order valence-electron chi connectivity index (χ1n) is 11.4. The summed E-state index contributed by atoms with van der Waals surface area (Å²) in [7, 11) is 4.12. The van der Waals surface area contributed by atoms with Crippen LogP contribution < -0.4 is 10.2 Å². The first-order chi connectivity index (χ1) is 15.0. The molecule has 31 heavy (non-hydrogen) atoms. The van der Waals surface area contributed by atoms with Gasteiger partial charge in [-0.25, -0.2) is 0 Å². The van der Waals surface area contributed by atoms with Gasteiger partial charge in [-0.1, -0.05) is 26.0 Å². The smallest absolute Gasteiger partial charge is 0.272 e. The normalized spacial score (nSPS) is 20.9. The van der Waals surface area contributed by atoms with E-state index in [1.165, 1.54) is 11.3 Å². The summed E-state index contributed by atoms with van der Waals surface area (Å²) >= 11 is 0. The van der Waals surface area contributed by atoms with E-state index in [1.54, 1.807) is 0 Å². The zero-order valence-corrected chi connectivity index (χ0v) is 19.2. The summed E-state index contributed by atoms with van der Waals surface area (Å²) in [5.41, 5.74) is 4.94. The number of fused-ring (bicyclic) bond motifs is 2. The molecule has 0 unspecified atom stereocenters. The van der Waals surface area contributed by atoms with Crippen LogP contribution in [0.15, 0.2) is 24.3 Å². The molecule has 0 bridgehead atoms. The van der Waals surface area contributed by atoms with Gasteiger partial charge in [0.15, 0.2) is 5.69 Å².